The van der Waals surface area contributed by atoms with E-state index in [1.54, 1.807) is 10.9 Å². The van der Waals surface area contributed by atoms with Crippen LogP contribution in [-0.2, 0) is 6.42 Å². The van der Waals surface area contributed by atoms with Gasteiger partial charge in [0.15, 0.2) is 0 Å². The fraction of sp³-hybridized carbons (Fsp3) is 0.737. The number of aromatic amines is 1. The minimum atomic E-state index is -0.00138. The lowest BCUT2D eigenvalue weighted by Gasteiger charge is -2.44. The Bertz CT molecular complexity index is 799. The van der Waals surface area contributed by atoms with Crippen molar-refractivity contribution in [3.05, 3.63) is 22.2 Å². The monoisotopic (exact) mass is 345 g/mol. The van der Waals surface area contributed by atoms with Gasteiger partial charge in [-0.05, 0) is 44.2 Å². The van der Waals surface area contributed by atoms with Crippen molar-refractivity contribution in [3.8, 4) is 0 Å². The first-order valence-electron chi connectivity index (χ1n) is 9.17. The van der Waals surface area contributed by atoms with E-state index in [2.05, 4.69) is 47.9 Å². The van der Waals surface area contributed by atoms with Crippen LogP contribution in [0.3, 0.4) is 0 Å². The van der Waals surface area contributed by atoms with Crippen molar-refractivity contribution in [2.24, 2.45) is 10.8 Å². The highest BCUT2D eigenvalue weighted by atomic mass is 16.1. The highest BCUT2D eigenvalue weighted by Gasteiger charge is 2.40. The fourth-order valence-corrected chi connectivity index (χ4v) is 4.75. The van der Waals surface area contributed by atoms with Gasteiger partial charge in [-0.2, -0.15) is 10.2 Å². The Balaban J connectivity index is 2.01. The van der Waals surface area contributed by atoms with Crippen LogP contribution in [0.5, 0.6) is 0 Å². The molecule has 25 heavy (non-hydrogen) atoms. The summed E-state index contributed by atoms with van der Waals surface area (Å²) < 4.78 is 1.72. The van der Waals surface area contributed by atoms with Crippen LogP contribution in [0.2, 0.25) is 0 Å². The van der Waals surface area contributed by atoms with Gasteiger partial charge in [-0.25, -0.2) is 4.68 Å². The molecule has 2 aromatic rings. The molecule has 1 fully saturated rings. The lowest BCUT2D eigenvalue weighted by molar-refractivity contribution is 0.0654. The van der Waals surface area contributed by atoms with Gasteiger partial charge < -0.3 is 4.90 Å². The Morgan fingerprint density at radius 2 is 1.88 bits per heavy atom. The number of hydrogen-bond donors (Lipinski definition) is 1. The van der Waals surface area contributed by atoms with Crippen molar-refractivity contribution in [2.45, 2.75) is 59.4 Å². The van der Waals surface area contributed by atoms with Gasteiger partial charge in [0.25, 0.3) is 5.56 Å². The predicted molar refractivity (Wildman–Crippen MR) is 101 cm³/mol. The van der Waals surface area contributed by atoms with Crippen LogP contribution in [0.1, 0.15) is 58.7 Å². The predicted octanol–water partition coefficient (Wildman–Crippen LogP) is 3.00. The Morgan fingerprint density at radius 1 is 1.24 bits per heavy atom. The summed E-state index contributed by atoms with van der Waals surface area (Å²) in [5, 5.41) is 12.5. The van der Waals surface area contributed by atoms with Gasteiger partial charge in [-0.3, -0.25) is 9.89 Å². The Kier molecular flexibility index (Phi) is 4.52. The molecule has 2 aromatic heterocycles. The number of rotatable bonds is 4. The molecule has 0 bridgehead atoms. The van der Waals surface area contributed by atoms with Gasteiger partial charge in [0.05, 0.1) is 23.3 Å². The summed E-state index contributed by atoms with van der Waals surface area (Å²) in [6.45, 7) is 10.1. The zero-order valence-electron chi connectivity index (χ0n) is 16.4. The minimum absolute atomic E-state index is 0.00138. The Morgan fingerprint density at radius 3 is 2.48 bits per heavy atom. The van der Waals surface area contributed by atoms with E-state index in [1.165, 1.54) is 6.42 Å². The van der Waals surface area contributed by atoms with Crippen LogP contribution in [0.15, 0.2) is 11.0 Å². The summed E-state index contributed by atoms with van der Waals surface area (Å²) >= 11 is 0. The topological polar surface area (TPSA) is 66.8 Å². The quantitative estimate of drug-likeness (QED) is 0.925. The van der Waals surface area contributed by atoms with E-state index in [0.29, 0.717) is 10.9 Å². The maximum Gasteiger partial charge on any atom is 0.278 e. The molecule has 0 atom stereocenters. The third kappa shape index (κ3) is 3.78. The molecule has 6 heteroatoms. The van der Waals surface area contributed by atoms with Gasteiger partial charge in [0.1, 0.15) is 5.52 Å². The SMILES string of the molecule is CN(C)CCc1[nH]nc2cnn(C3CC(C)(C)CC(C)(C)C3)c(=O)c12. The second-order valence-electron chi connectivity index (χ2n) is 9.48. The molecule has 0 unspecified atom stereocenters. The van der Waals surface area contributed by atoms with Crippen molar-refractivity contribution in [3.63, 3.8) is 0 Å². The maximum absolute atomic E-state index is 13.2. The van der Waals surface area contributed by atoms with E-state index in [-0.39, 0.29) is 22.4 Å². The maximum atomic E-state index is 13.2. The van der Waals surface area contributed by atoms with E-state index in [0.717, 1.165) is 31.5 Å². The molecule has 0 amide bonds. The minimum Gasteiger partial charge on any atom is -0.309 e. The Labute approximate surface area is 149 Å². The largest absolute Gasteiger partial charge is 0.309 e. The molecule has 2 heterocycles. The normalized spacial score (nSPS) is 20.4. The van der Waals surface area contributed by atoms with Gasteiger partial charge >= 0.3 is 0 Å². The first kappa shape index (κ1) is 18.1. The average molecular weight is 345 g/mol. The summed E-state index contributed by atoms with van der Waals surface area (Å²) in [5.41, 5.74) is 2.02. The summed E-state index contributed by atoms with van der Waals surface area (Å²) in [5.74, 6) is 0. The zero-order chi connectivity index (χ0) is 18.4. The highest BCUT2D eigenvalue weighted by molar-refractivity contribution is 5.79. The first-order valence-corrected chi connectivity index (χ1v) is 9.17. The summed E-state index contributed by atoms with van der Waals surface area (Å²) in [7, 11) is 4.06. The average Bonchev–Trinajstić information content (AvgIpc) is 2.86. The van der Waals surface area contributed by atoms with Crippen molar-refractivity contribution < 1.29 is 0 Å². The molecule has 1 saturated carbocycles. The molecule has 0 aliphatic heterocycles. The molecule has 6 nitrogen and oxygen atoms in total. The number of nitrogens with zero attached hydrogens (tertiary/aromatic N) is 4. The van der Waals surface area contributed by atoms with Gasteiger partial charge in [0, 0.05) is 13.0 Å². The van der Waals surface area contributed by atoms with E-state index in [4.69, 9.17) is 0 Å². The highest BCUT2D eigenvalue weighted by Crippen LogP contribution is 2.49. The second-order valence-corrected chi connectivity index (χ2v) is 9.48. The van der Waals surface area contributed by atoms with E-state index in [1.807, 2.05) is 14.1 Å². The molecule has 1 aliphatic carbocycles. The van der Waals surface area contributed by atoms with Gasteiger partial charge in [-0.1, -0.05) is 27.7 Å². The third-order valence-corrected chi connectivity index (χ3v) is 5.28. The van der Waals surface area contributed by atoms with Crippen molar-refractivity contribution in [1.29, 1.82) is 0 Å². The fourth-order valence-electron chi connectivity index (χ4n) is 4.75. The molecule has 1 aliphatic rings. The lowest BCUT2D eigenvalue weighted by atomic mass is 9.63. The van der Waals surface area contributed by atoms with E-state index < -0.39 is 0 Å². The van der Waals surface area contributed by atoms with Crippen LogP contribution >= 0.6 is 0 Å². The number of nitrogens with one attached hydrogen (secondary N) is 1. The number of fused-ring (bicyclic) bond motifs is 1. The number of likely N-dealkylation sites (N-methyl/N-ethyl adjacent to an activating group) is 1. The lowest BCUT2D eigenvalue weighted by Crippen LogP contribution is -2.39. The molecular formula is C19H31N5O. The molecule has 0 saturated heterocycles. The molecule has 138 valence electrons. The zero-order valence-corrected chi connectivity index (χ0v) is 16.4. The molecule has 1 N–H and O–H groups in total. The van der Waals surface area contributed by atoms with Gasteiger partial charge in [0.2, 0.25) is 0 Å². The molecule has 0 spiro atoms. The van der Waals surface area contributed by atoms with Crippen molar-refractivity contribution in [1.82, 2.24) is 24.9 Å². The van der Waals surface area contributed by atoms with Crippen molar-refractivity contribution in [2.75, 3.05) is 20.6 Å². The summed E-state index contributed by atoms with van der Waals surface area (Å²) in [6, 6.07) is 0.146. The first-order chi connectivity index (χ1) is 11.6. The van der Waals surface area contributed by atoms with Crippen LogP contribution in [0.4, 0.5) is 0 Å². The summed E-state index contributed by atoms with van der Waals surface area (Å²) in [4.78, 5) is 15.3. The van der Waals surface area contributed by atoms with Gasteiger partial charge in [-0.15, -0.1) is 0 Å². The molecule has 3 rings (SSSR count). The molecular weight excluding hydrogens is 314 g/mol. The molecule has 0 radical (unpaired) electrons. The molecule has 0 aromatic carbocycles. The van der Waals surface area contributed by atoms with Crippen LogP contribution < -0.4 is 5.56 Å². The standard InChI is InChI=1S/C19H31N5O/c1-18(2)9-13(10-19(3,4)12-18)24-17(25)16-14(7-8-23(5)6)21-22-15(16)11-20-24/h11,13H,7-10,12H2,1-6H3,(H,21,22). The third-order valence-electron chi connectivity index (χ3n) is 5.28. The van der Waals surface area contributed by atoms with Crippen LogP contribution in [0.25, 0.3) is 10.9 Å². The number of aromatic nitrogens is 4. The Hall–Kier alpha value is -1.69. The smallest absolute Gasteiger partial charge is 0.278 e. The second kappa shape index (κ2) is 6.24. The number of H-pyrrole nitrogens is 1. The van der Waals surface area contributed by atoms with E-state index in [9.17, 15) is 4.79 Å². The van der Waals surface area contributed by atoms with E-state index >= 15 is 0 Å². The van der Waals surface area contributed by atoms with Crippen LogP contribution in [0, 0.1) is 10.8 Å². The van der Waals surface area contributed by atoms with Crippen molar-refractivity contribution >= 4 is 10.9 Å². The van der Waals surface area contributed by atoms with Crippen LogP contribution in [-0.4, -0.2) is 45.5 Å². The number of hydrogen-bond acceptors (Lipinski definition) is 4. The summed E-state index contributed by atoms with van der Waals surface area (Å²) in [6.07, 6.45) is 5.66.